The molecule has 0 unspecified atom stereocenters. The Balaban J connectivity index is 2.68. The predicted molar refractivity (Wildman–Crippen MR) is 49.5 cm³/mol. The quantitative estimate of drug-likeness (QED) is 0.778. The van der Waals surface area contributed by atoms with Crippen molar-refractivity contribution in [1.29, 1.82) is 0 Å². The predicted octanol–water partition coefficient (Wildman–Crippen LogP) is 2.03. The molecular weight excluding hydrogens is 168 g/mol. The van der Waals surface area contributed by atoms with Crippen LogP contribution in [0.5, 0.6) is 0 Å². The van der Waals surface area contributed by atoms with Gasteiger partial charge in [0, 0.05) is 6.42 Å². The second-order valence-electron chi connectivity index (χ2n) is 3.00. The Morgan fingerprint density at radius 1 is 1.54 bits per heavy atom. The van der Waals surface area contributed by atoms with Gasteiger partial charge in [-0.2, -0.15) is 0 Å². The van der Waals surface area contributed by atoms with Crippen molar-refractivity contribution >= 4 is 11.6 Å². The van der Waals surface area contributed by atoms with Crippen molar-refractivity contribution in [1.82, 2.24) is 5.16 Å². The fourth-order valence-electron chi connectivity index (χ4n) is 1.09. The van der Waals surface area contributed by atoms with E-state index in [4.69, 9.17) is 4.52 Å². The number of aryl methyl sites for hydroxylation is 2. The van der Waals surface area contributed by atoms with Gasteiger partial charge >= 0.3 is 0 Å². The average molecular weight is 182 g/mol. The molecule has 1 N–H and O–H groups in total. The first-order valence-electron chi connectivity index (χ1n) is 4.38. The minimum absolute atomic E-state index is 0.0110. The van der Waals surface area contributed by atoms with Crippen LogP contribution >= 0.6 is 0 Å². The maximum Gasteiger partial charge on any atom is 0.224 e. The van der Waals surface area contributed by atoms with Crippen LogP contribution in [0.25, 0.3) is 0 Å². The van der Waals surface area contributed by atoms with Gasteiger partial charge in [-0.1, -0.05) is 12.1 Å². The highest BCUT2D eigenvalue weighted by atomic mass is 16.5. The summed E-state index contributed by atoms with van der Waals surface area (Å²) in [7, 11) is 0. The Morgan fingerprint density at radius 3 is 2.69 bits per heavy atom. The second kappa shape index (κ2) is 4.07. The topological polar surface area (TPSA) is 55.1 Å². The lowest BCUT2D eigenvalue weighted by Crippen LogP contribution is -2.11. The summed E-state index contributed by atoms with van der Waals surface area (Å²) >= 11 is 0. The number of nitrogens with zero attached hydrogens (tertiary/aromatic N) is 1. The Morgan fingerprint density at radius 2 is 2.23 bits per heavy atom. The second-order valence-corrected chi connectivity index (χ2v) is 3.00. The van der Waals surface area contributed by atoms with E-state index in [1.165, 1.54) is 0 Å². The smallest absolute Gasteiger partial charge is 0.224 e. The molecule has 4 heteroatoms. The van der Waals surface area contributed by atoms with E-state index < -0.39 is 0 Å². The van der Waals surface area contributed by atoms with E-state index in [0.29, 0.717) is 17.9 Å². The van der Waals surface area contributed by atoms with Crippen LogP contribution in [0.2, 0.25) is 0 Å². The number of carbonyl (C=O) groups excluding carboxylic acids is 1. The molecule has 0 radical (unpaired) electrons. The lowest BCUT2D eigenvalue weighted by molar-refractivity contribution is -0.116. The standard InChI is InChI=1S/C9H14N2O2/c1-4-5-8(12)10-9-6(2)11-13-7(9)3/h4-5H2,1-3H3,(H,10,12). The molecule has 0 saturated heterocycles. The Labute approximate surface area is 77.3 Å². The van der Waals surface area contributed by atoms with Gasteiger partial charge in [-0.15, -0.1) is 0 Å². The number of hydrogen-bond donors (Lipinski definition) is 1. The fourth-order valence-corrected chi connectivity index (χ4v) is 1.09. The molecule has 0 aliphatic rings. The number of aromatic nitrogens is 1. The molecule has 0 fully saturated rings. The first-order valence-corrected chi connectivity index (χ1v) is 4.38. The zero-order valence-electron chi connectivity index (χ0n) is 8.18. The van der Waals surface area contributed by atoms with Crippen LogP contribution in [0.4, 0.5) is 5.69 Å². The molecule has 0 atom stereocenters. The minimum Gasteiger partial charge on any atom is -0.359 e. The summed E-state index contributed by atoms with van der Waals surface area (Å²) in [6.45, 7) is 5.55. The summed E-state index contributed by atoms with van der Waals surface area (Å²) in [4.78, 5) is 11.2. The van der Waals surface area contributed by atoms with Gasteiger partial charge in [0.25, 0.3) is 0 Å². The normalized spacial score (nSPS) is 10.1. The SMILES string of the molecule is CCCC(=O)Nc1c(C)noc1C. The molecule has 0 bridgehead atoms. The first kappa shape index (κ1) is 9.77. The van der Waals surface area contributed by atoms with Gasteiger partial charge in [-0.3, -0.25) is 4.79 Å². The lowest BCUT2D eigenvalue weighted by atomic mass is 10.3. The summed E-state index contributed by atoms with van der Waals surface area (Å²) in [5.41, 5.74) is 1.43. The number of carbonyl (C=O) groups is 1. The van der Waals surface area contributed by atoms with Gasteiger partial charge < -0.3 is 9.84 Å². The molecule has 0 saturated carbocycles. The maximum atomic E-state index is 11.2. The van der Waals surface area contributed by atoms with Crippen molar-refractivity contribution in [3.63, 3.8) is 0 Å². The Hall–Kier alpha value is -1.32. The molecule has 1 aromatic rings. The molecule has 72 valence electrons. The van der Waals surface area contributed by atoms with Crippen molar-refractivity contribution in [2.24, 2.45) is 0 Å². The maximum absolute atomic E-state index is 11.2. The van der Waals surface area contributed by atoms with Gasteiger partial charge in [-0.25, -0.2) is 0 Å². The molecule has 0 aliphatic carbocycles. The van der Waals surface area contributed by atoms with Crippen molar-refractivity contribution in [2.45, 2.75) is 33.6 Å². The number of hydrogen-bond acceptors (Lipinski definition) is 3. The van der Waals surface area contributed by atoms with Gasteiger partial charge in [0.1, 0.15) is 11.4 Å². The average Bonchev–Trinajstić information content (AvgIpc) is 2.36. The van der Waals surface area contributed by atoms with Gasteiger partial charge in [0.15, 0.2) is 5.76 Å². The molecule has 0 aromatic carbocycles. The van der Waals surface area contributed by atoms with Crippen molar-refractivity contribution < 1.29 is 9.32 Å². The van der Waals surface area contributed by atoms with Crippen LogP contribution in [-0.2, 0) is 4.79 Å². The van der Waals surface area contributed by atoms with Gasteiger partial charge in [0.2, 0.25) is 5.91 Å². The number of amides is 1. The summed E-state index contributed by atoms with van der Waals surface area (Å²) in [5, 5.41) is 6.50. The van der Waals surface area contributed by atoms with Crippen LogP contribution in [0.1, 0.15) is 31.2 Å². The summed E-state index contributed by atoms with van der Waals surface area (Å²) in [6, 6.07) is 0. The van der Waals surface area contributed by atoms with Gasteiger partial charge in [-0.05, 0) is 20.3 Å². The summed E-state index contributed by atoms with van der Waals surface area (Å²) < 4.78 is 4.91. The van der Waals surface area contributed by atoms with E-state index >= 15 is 0 Å². The third-order valence-electron chi connectivity index (χ3n) is 1.77. The monoisotopic (exact) mass is 182 g/mol. The van der Waals surface area contributed by atoms with E-state index in [1.807, 2.05) is 6.92 Å². The highest BCUT2D eigenvalue weighted by Crippen LogP contribution is 2.18. The van der Waals surface area contributed by atoms with E-state index in [-0.39, 0.29) is 5.91 Å². The van der Waals surface area contributed by atoms with Crippen LogP contribution in [0.3, 0.4) is 0 Å². The Kier molecular flexibility index (Phi) is 3.06. The number of nitrogens with one attached hydrogen (secondary N) is 1. The van der Waals surface area contributed by atoms with E-state index in [9.17, 15) is 4.79 Å². The van der Waals surface area contributed by atoms with Crippen LogP contribution < -0.4 is 5.32 Å². The molecule has 1 rings (SSSR count). The van der Waals surface area contributed by atoms with Crippen LogP contribution in [0, 0.1) is 13.8 Å². The summed E-state index contributed by atoms with van der Waals surface area (Å²) in [5.74, 6) is 0.666. The third kappa shape index (κ3) is 2.31. The molecule has 0 spiro atoms. The summed E-state index contributed by atoms with van der Waals surface area (Å²) in [6.07, 6.45) is 1.37. The molecule has 1 amide bonds. The highest BCUT2D eigenvalue weighted by molar-refractivity contribution is 5.91. The first-order chi connectivity index (χ1) is 6.15. The van der Waals surface area contributed by atoms with Crippen LogP contribution in [-0.4, -0.2) is 11.1 Å². The van der Waals surface area contributed by atoms with Gasteiger partial charge in [0.05, 0.1) is 0 Å². The van der Waals surface area contributed by atoms with E-state index in [1.54, 1.807) is 13.8 Å². The molecule has 13 heavy (non-hydrogen) atoms. The van der Waals surface area contributed by atoms with E-state index in [2.05, 4.69) is 10.5 Å². The van der Waals surface area contributed by atoms with Crippen molar-refractivity contribution in [3.05, 3.63) is 11.5 Å². The van der Waals surface area contributed by atoms with Crippen molar-refractivity contribution in [2.75, 3.05) is 5.32 Å². The molecule has 1 aromatic heterocycles. The van der Waals surface area contributed by atoms with Crippen LogP contribution in [0.15, 0.2) is 4.52 Å². The highest BCUT2D eigenvalue weighted by Gasteiger charge is 2.10. The van der Waals surface area contributed by atoms with Crippen molar-refractivity contribution in [3.8, 4) is 0 Å². The zero-order valence-corrected chi connectivity index (χ0v) is 8.18. The Bertz CT molecular complexity index is 285. The lowest BCUT2D eigenvalue weighted by Gasteiger charge is -2.01. The third-order valence-corrected chi connectivity index (χ3v) is 1.77. The molecular formula is C9H14N2O2. The largest absolute Gasteiger partial charge is 0.359 e. The molecule has 1 heterocycles. The number of anilines is 1. The zero-order chi connectivity index (χ0) is 9.84. The fraction of sp³-hybridized carbons (Fsp3) is 0.556. The molecule has 0 aliphatic heterocycles. The molecule has 4 nitrogen and oxygen atoms in total. The minimum atomic E-state index is 0.0110. The van der Waals surface area contributed by atoms with E-state index in [0.717, 1.165) is 12.1 Å². The number of rotatable bonds is 3.